The number of benzene rings is 3. The molecule has 0 aliphatic rings. The van der Waals surface area contributed by atoms with E-state index in [1.54, 1.807) is 55.6 Å². The Morgan fingerprint density at radius 1 is 1.03 bits per heavy atom. The van der Waals surface area contributed by atoms with Crippen LogP contribution < -0.4 is 14.8 Å². The molecule has 3 aromatic rings. The van der Waals surface area contributed by atoms with E-state index >= 15 is 0 Å². The molecule has 0 radical (unpaired) electrons. The molecule has 0 unspecified atom stereocenters. The number of rotatable bonds is 7. The van der Waals surface area contributed by atoms with Crippen molar-refractivity contribution in [3.05, 3.63) is 82.9 Å². The first-order valence-electron chi connectivity index (χ1n) is 9.32. The minimum Gasteiger partial charge on any atom is -0.497 e. The van der Waals surface area contributed by atoms with Gasteiger partial charge in [0, 0.05) is 11.9 Å². The second-order valence-electron chi connectivity index (χ2n) is 6.55. The standard InChI is InChI=1S/C23H18ClF3N2O3/c1-31-18-9-4-16(5-10-18)29-22(30)14-32-19-7-2-15(3-8-19)13-28-17-6-11-21(24)20(12-17)23(25,26)27/h2-13H,14H2,1H3,(H,29,30). The molecule has 32 heavy (non-hydrogen) atoms. The zero-order valence-corrected chi connectivity index (χ0v) is 17.6. The van der Waals surface area contributed by atoms with Crippen molar-refractivity contribution in [2.24, 2.45) is 4.99 Å². The van der Waals surface area contributed by atoms with Gasteiger partial charge in [-0.25, -0.2) is 0 Å². The molecule has 0 atom stereocenters. The van der Waals surface area contributed by atoms with Crippen LogP contribution in [-0.4, -0.2) is 25.8 Å². The highest BCUT2D eigenvalue weighted by molar-refractivity contribution is 6.31. The maximum Gasteiger partial charge on any atom is 0.417 e. The van der Waals surface area contributed by atoms with Crippen molar-refractivity contribution in [2.75, 3.05) is 19.0 Å². The van der Waals surface area contributed by atoms with Crippen molar-refractivity contribution in [2.45, 2.75) is 6.18 Å². The van der Waals surface area contributed by atoms with Crippen LogP contribution in [0.15, 0.2) is 71.7 Å². The lowest BCUT2D eigenvalue weighted by Crippen LogP contribution is -2.20. The molecule has 0 aliphatic heterocycles. The molecule has 166 valence electrons. The number of halogens is 4. The molecule has 0 saturated carbocycles. The van der Waals surface area contributed by atoms with Crippen LogP contribution in [0.3, 0.4) is 0 Å². The van der Waals surface area contributed by atoms with Crippen LogP contribution in [0.5, 0.6) is 11.5 Å². The predicted molar refractivity (Wildman–Crippen MR) is 117 cm³/mol. The average molecular weight is 463 g/mol. The van der Waals surface area contributed by atoms with Crippen LogP contribution >= 0.6 is 11.6 Å². The lowest BCUT2D eigenvalue weighted by atomic mass is 10.2. The van der Waals surface area contributed by atoms with E-state index in [2.05, 4.69) is 10.3 Å². The third-order valence-corrected chi connectivity index (χ3v) is 4.57. The zero-order chi connectivity index (χ0) is 23.1. The van der Waals surface area contributed by atoms with Crippen molar-refractivity contribution >= 4 is 35.1 Å². The lowest BCUT2D eigenvalue weighted by molar-refractivity contribution is -0.137. The topological polar surface area (TPSA) is 59.9 Å². The van der Waals surface area contributed by atoms with Gasteiger partial charge in [-0.05, 0) is 72.3 Å². The summed E-state index contributed by atoms with van der Waals surface area (Å²) in [5.41, 5.74) is 0.438. The van der Waals surface area contributed by atoms with Gasteiger partial charge in [-0.3, -0.25) is 9.79 Å². The summed E-state index contributed by atoms with van der Waals surface area (Å²) >= 11 is 5.61. The number of hydrogen-bond acceptors (Lipinski definition) is 4. The van der Waals surface area contributed by atoms with Crippen molar-refractivity contribution in [1.29, 1.82) is 0 Å². The van der Waals surface area contributed by atoms with Crippen LogP contribution in [0.25, 0.3) is 0 Å². The van der Waals surface area contributed by atoms with E-state index in [1.165, 1.54) is 12.3 Å². The van der Waals surface area contributed by atoms with Gasteiger partial charge in [0.1, 0.15) is 11.5 Å². The van der Waals surface area contributed by atoms with Gasteiger partial charge in [-0.15, -0.1) is 0 Å². The Morgan fingerprint density at radius 2 is 1.69 bits per heavy atom. The van der Waals surface area contributed by atoms with Crippen LogP contribution in [0, 0.1) is 0 Å². The zero-order valence-electron chi connectivity index (χ0n) is 16.8. The summed E-state index contributed by atoms with van der Waals surface area (Å²) < 4.78 is 49.3. The highest BCUT2D eigenvalue weighted by atomic mass is 35.5. The van der Waals surface area contributed by atoms with Gasteiger partial charge < -0.3 is 14.8 Å². The number of anilines is 1. The highest BCUT2D eigenvalue weighted by Crippen LogP contribution is 2.36. The van der Waals surface area contributed by atoms with E-state index in [9.17, 15) is 18.0 Å². The van der Waals surface area contributed by atoms with Crippen LogP contribution in [0.2, 0.25) is 5.02 Å². The molecule has 0 spiro atoms. The fourth-order valence-electron chi connectivity index (χ4n) is 2.63. The van der Waals surface area contributed by atoms with Gasteiger partial charge in [0.15, 0.2) is 6.61 Å². The minimum atomic E-state index is -4.55. The number of methoxy groups -OCH3 is 1. The van der Waals surface area contributed by atoms with Gasteiger partial charge in [-0.1, -0.05) is 11.6 Å². The summed E-state index contributed by atoms with van der Waals surface area (Å²) in [5.74, 6) is 0.807. The fourth-order valence-corrected chi connectivity index (χ4v) is 2.85. The van der Waals surface area contributed by atoms with E-state index < -0.39 is 11.7 Å². The number of aliphatic imine (C=N–C) groups is 1. The number of carbonyl (C=O) groups is 1. The van der Waals surface area contributed by atoms with Gasteiger partial charge >= 0.3 is 6.18 Å². The van der Waals surface area contributed by atoms with E-state index in [4.69, 9.17) is 21.1 Å². The molecule has 1 N–H and O–H groups in total. The molecule has 0 saturated heterocycles. The van der Waals surface area contributed by atoms with Crippen LogP contribution in [-0.2, 0) is 11.0 Å². The Bertz CT molecular complexity index is 1100. The number of nitrogens with one attached hydrogen (secondary N) is 1. The Balaban J connectivity index is 1.55. The third-order valence-electron chi connectivity index (χ3n) is 4.24. The first-order chi connectivity index (χ1) is 15.2. The summed E-state index contributed by atoms with van der Waals surface area (Å²) in [5, 5.41) is 2.32. The van der Waals surface area contributed by atoms with Crippen molar-refractivity contribution in [1.82, 2.24) is 0 Å². The average Bonchev–Trinajstić information content (AvgIpc) is 2.77. The molecule has 0 heterocycles. The summed E-state index contributed by atoms with van der Waals surface area (Å²) in [4.78, 5) is 16.1. The predicted octanol–water partition coefficient (Wildman–Crippen LogP) is 6.14. The molecule has 5 nitrogen and oxygen atoms in total. The quantitative estimate of drug-likeness (QED) is 0.429. The molecule has 0 aliphatic carbocycles. The molecule has 0 aromatic heterocycles. The highest BCUT2D eigenvalue weighted by Gasteiger charge is 2.33. The van der Waals surface area contributed by atoms with E-state index in [-0.39, 0.29) is 23.2 Å². The second kappa shape index (κ2) is 10.2. The first kappa shape index (κ1) is 23.1. The number of hydrogen-bond donors (Lipinski definition) is 1. The number of carbonyl (C=O) groups excluding carboxylic acids is 1. The normalized spacial score (nSPS) is 11.4. The van der Waals surface area contributed by atoms with E-state index in [0.717, 1.165) is 12.1 Å². The molecular formula is C23H18ClF3N2O3. The van der Waals surface area contributed by atoms with Crippen molar-refractivity contribution in [3.63, 3.8) is 0 Å². The summed E-state index contributed by atoms with van der Waals surface area (Å²) in [6, 6.07) is 16.9. The fraction of sp³-hybridized carbons (Fsp3) is 0.130. The van der Waals surface area contributed by atoms with Crippen molar-refractivity contribution < 1.29 is 27.4 Å². The second-order valence-corrected chi connectivity index (χ2v) is 6.96. The molecule has 1 amide bonds. The Hall–Kier alpha value is -3.52. The largest absolute Gasteiger partial charge is 0.497 e. The number of nitrogens with zero attached hydrogens (tertiary/aromatic N) is 1. The van der Waals surface area contributed by atoms with E-state index in [1.807, 2.05) is 0 Å². The Labute approximate surface area is 187 Å². The van der Waals surface area contributed by atoms with Gasteiger partial charge in [0.2, 0.25) is 0 Å². The monoisotopic (exact) mass is 462 g/mol. The number of alkyl halides is 3. The molecule has 3 aromatic carbocycles. The third kappa shape index (κ3) is 6.49. The SMILES string of the molecule is COc1ccc(NC(=O)COc2ccc(C=Nc3ccc(Cl)c(C(F)(F)F)c3)cc2)cc1. The molecule has 3 rings (SSSR count). The molecule has 9 heteroatoms. The molecular weight excluding hydrogens is 445 g/mol. The van der Waals surface area contributed by atoms with Gasteiger partial charge in [0.25, 0.3) is 5.91 Å². The van der Waals surface area contributed by atoms with Crippen molar-refractivity contribution in [3.8, 4) is 11.5 Å². The van der Waals surface area contributed by atoms with E-state index in [0.29, 0.717) is 22.7 Å². The number of amides is 1. The maximum absolute atomic E-state index is 12.9. The summed E-state index contributed by atoms with van der Waals surface area (Å²) in [7, 11) is 1.56. The minimum absolute atomic E-state index is 0.122. The van der Waals surface area contributed by atoms with Crippen LogP contribution in [0.4, 0.5) is 24.5 Å². The van der Waals surface area contributed by atoms with Crippen LogP contribution in [0.1, 0.15) is 11.1 Å². The summed E-state index contributed by atoms with van der Waals surface area (Å²) in [6.07, 6.45) is -3.13. The smallest absolute Gasteiger partial charge is 0.417 e. The molecule has 0 fully saturated rings. The maximum atomic E-state index is 12.9. The Kier molecular flexibility index (Phi) is 7.37. The van der Waals surface area contributed by atoms with Gasteiger partial charge in [0.05, 0.1) is 23.4 Å². The Morgan fingerprint density at radius 3 is 2.31 bits per heavy atom. The summed E-state index contributed by atoms with van der Waals surface area (Å²) in [6.45, 7) is -0.190. The number of ether oxygens (including phenoxy) is 2. The first-order valence-corrected chi connectivity index (χ1v) is 9.70. The van der Waals surface area contributed by atoms with Gasteiger partial charge in [-0.2, -0.15) is 13.2 Å². The lowest BCUT2D eigenvalue weighted by Gasteiger charge is -2.09. The molecule has 0 bridgehead atoms.